The molecule has 0 spiro atoms. The van der Waals surface area contributed by atoms with Crippen molar-refractivity contribution in [1.82, 2.24) is 5.32 Å². The third kappa shape index (κ3) is 4.17. The average molecular weight is 365 g/mol. The van der Waals surface area contributed by atoms with Gasteiger partial charge in [-0.3, -0.25) is 4.72 Å². The number of aryl methyl sites for hydroxylation is 1. The summed E-state index contributed by atoms with van der Waals surface area (Å²) in [5, 5.41) is 3.21. The van der Waals surface area contributed by atoms with Gasteiger partial charge in [-0.15, -0.1) is 0 Å². The van der Waals surface area contributed by atoms with Crippen molar-refractivity contribution in [2.24, 2.45) is 5.92 Å². The lowest BCUT2D eigenvalue weighted by Gasteiger charge is -2.22. The van der Waals surface area contributed by atoms with Crippen molar-refractivity contribution in [3.05, 3.63) is 28.0 Å². The maximum absolute atomic E-state index is 13.3. The Labute approximate surface area is 127 Å². The molecule has 1 fully saturated rings. The molecule has 20 heavy (non-hydrogen) atoms. The zero-order valence-corrected chi connectivity index (χ0v) is 13.7. The molecule has 1 aliphatic heterocycles. The van der Waals surface area contributed by atoms with E-state index in [9.17, 15) is 12.8 Å². The summed E-state index contributed by atoms with van der Waals surface area (Å²) < 4.78 is 40.5. The number of nitrogens with one attached hydrogen (secondary N) is 2. The van der Waals surface area contributed by atoms with Gasteiger partial charge in [-0.2, -0.15) is 0 Å². The first-order valence-electron chi connectivity index (χ1n) is 6.54. The van der Waals surface area contributed by atoms with E-state index < -0.39 is 15.8 Å². The molecule has 1 aromatic rings. The van der Waals surface area contributed by atoms with Crippen LogP contribution in [0.25, 0.3) is 0 Å². The maximum atomic E-state index is 13.3. The molecule has 0 bridgehead atoms. The second kappa shape index (κ2) is 6.41. The van der Waals surface area contributed by atoms with Gasteiger partial charge in [0.2, 0.25) is 10.0 Å². The van der Waals surface area contributed by atoms with E-state index in [1.54, 1.807) is 6.92 Å². The van der Waals surface area contributed by atoms with Crippen LogP contribution in [0.15, 0.2) is 16.6 Å². The first-order valence-corrected chi connectivity index (χ1v) is 8.99. The summed E-state index contributed by atoms with van der Waals surface area (Å²) in [7, 11) is -3.41. The predicted molar refractivity (Wildman–Crippen MR) is 81.8 cm³/mol. The number of rotatable bonds is 4. The highest BCUT2D eigenvalue weighted by atomic mass is 79.9. The van der Waals surface area contributed by atoms with E-state index in [0.717, 1.165) is 25.9 Å². The van der Waals surface area contributed by atoms with Crippen molar-refractivity contribution in [2.75, 3.05) is 23.6 Å². The van der Waals surface area contributed by atoms with E-state index in [1.165, 1.54) is 12.1 Å². The van der Waals surface area contributed by atoms with Crippen LogP contribution >= 0.6 is 15.9 Å². The van der Waals surface area contributed by atoms with Gasteiger partial charge in [-0.25, -0.2) is 12.8 Å². The Morgan fingerprint density at radius 3 is 2.70 bits per heavy atom. The number of piperidine rings is 1. The molecule has 4 nitrogen and oxygen atoms in total. The van der Waals surface area contributed by atoms with Crippen molar-refractivity contribution < 1.29 is 12.8 Å². The van der Waals surface area contributed by atoms with Gasteiger partial charge in [0.25, 0.3) is 0 Å². The highest BCUT2D eigenvalue weighted by Crippen LogP contribution is 2.25. The summed E-state index contributed by atoms with van der Waals surface area (Å²) in [6.45, 7) is 3.40. The van der Waals surface area contributed by atoms with E-state index in [1.807, 2.05) is 0 Å². The minimum atomic E-state index is -3.41. The molecule has 1 saturated heterocycles. The molecule has 0 unspecified atom stereocenters. The molecule has 1 heterocycles. The highest BCUT2D eigenvalue weighted by Gasteiger charge is 2.22. The SMILES string of the molecule is Cc1cc(F)c(Br)cc1NS(=O)(=O)CC1CCNCC1. The molecule has 1 aliphatic rings. The second-order valence-electron chi connectivity index (χ2n) is 5.16. The first-order chi connectivity index (χ1) is 9.37. The molecule has 0 radical (unpaired) electrons. The first kappa shape index (κ1) is 15.7. The van der Waals surface area contributed by atoms with Gasteiger partial charge in [0.1, 0.15) is 5.82 Å². The summed E-state index contributed by atoms with van der Waals surface area (Å²) in [5.74, 6) is -0.106. The fraction of sp³-hybridized carbons (Fsp3) is 0.538. The fourth-order valence-electron chi connectivity index (χ4n) is 2.32. The Bertz CT molecular complexity index is 586. The van der Waals surface area contributed by atoms with Crippen LogP contribution in [-0.4, -0.2) is 27.3 Å². The number of benzene rings is 1. The Morgan fingerprint density at radius 1 is 1.40 bits per heavy atom. The molecule has 112 valence electrons. The van der Waals surface area contributed by atoms with Gasteiger partial charge in [-0.05, 0) is 72.4 Å². The Kier molecular flexibility index (Phi) is 5.04. The number of hydrogen-bond acceptors (Lipinski definition) is 3. The third-order valence-corrected chi connectivity index (χ3v) is 5.50. The summed E-state index contributed by atoms with van der Waals surface area (Å²) >= 11 is 3.07. The Hall–Kier alpha value is -0.660. The quantitative estimate of drug-likeness (QED) is 0.863. The summed E-state index contributed by atoms with van der Waals surface area (Å²) in [5.41, 5.74) is 0.992. The van der Waals surface area contributed by atoms with E-state index in [-0.39, 0.29) is 16.1 Å². The summed E-state index contributed by atoms with van der Waals surface area (Å²) in [6.07, 6.45) is 1.74. The van der Waals surface area contributed by atoms with Gasteiger partial charge in [0, 0.05) is 0 Å². The number of anilines is 1. The zero-order valence-electron chi connectivity index (χ0n) is 11.2. The minimum absolute atomic E-state index is 0.114. The van der Waals surface area contributed by atoms with Crippen LogP contribution in [0.3, 0.4) is 0 Å². The molecule has 0 aromatic heterocycles. The standard InChI is InChI=1S/C13H18BrFN2O2S/c1-9-6-12(15)11(14)7-13(9)17-20(18,19)8-10-2-4-16-5-3-10/h6-7,10,16-17H,2-5,8H2,1H3. The molecule has 0 atom stereocenters. The van der Waals surface area contributed by atoms with Gasteiger partial charge in [0.15, 0.2) is 0 Å². The Morgan fingerprint density at radius 2 is 2.05 bits per heavy atom. The maximum Gasteiger partial charge on any atom is 0.233 e. The van der Waals surface area contributed by atoms with Gasteiger partial charge in [-0.1, -0.05) is 0 Å². The Balaban J connectivity index is 2.09. The largest absolute Gasteiger partial charge is 0.317 e. The smallest absolute Gasteiger partial charge is 0.233 e. The van der Waals surface area contributed by atoms with Crippen LogP contribution in [0.1, 0.15) is 18.4 Å². The van der Waals surface area contributed by atoms with E-state index in [4.69, 9.17) is 0 Å². The van der Waals surface area contributed by atoms with Gasteiger partial charge < -0.3 is 5.32 Å². The molecule has 2 rings (SSSR count). The van der Waals surface area contributed by atoms with Crippen molar-refractivity contribution >= 4 is 31.6 Å². The molecule has 7 heteroatoms. The molecule has 0 aliphatic carbocycles. The van der Waals surface area contributed by atoms with Crippen LogP contribution in [-0.2, 0) is 10.0 Å². The molecule has 2 N–H and O–H groups in total. The molecule has 1 aromatic carbocycles. The van der Waals surface area contributed by atoms with E-state index in [0.29, 0.717) is 11.3 Å². The summed E-state index contributed by atoms with van der Waals surface area (Å²) in [6, 6.07) is 2.77. The predicted octanol–water partition coefficient (Wildman–Crippen LogP) is 2.64. The van der Waals surface area contributed by atoms with Crippen LogP contribution in [0.4, 0.5) is 10.1 Å². The van der Waals surface area contributed by atoms with Crippen LogP contribution in [0.2, 0.25) is 0 Å². The number of sulfonamides is 1. The zero-order chi connectivity index (χ0) is 14.8. The normalized spacial score (nSPS) is 17.1. The number of hydrogen-bond donors (Lipinski definition) is 2. The van der Waals surface area contributed by atoms with Crippen LogP contribution in [0.5, 0.6) is 0 Å². The van der Waals surface area contributed by atoms with Gasteiger partial charge >= 0.3 is 0 Å². The van der Waals surface area contributed by atoms with Gasteiger partial charge in [0.05, 0.1) is 15.9 Å². The molecular weight excluding hydrogens is 347 g/mol. The second-order valence-corrected chi connectivity index (χ2v) is 7.78. The fourth-order valence-corrected chi connectivity index (χ4v) is 4.26. The average Bonchev–Trinajstić information content (AvgIpc) is 2.36. The molecule has 0 amide bonds. The van der Waals surface area contributed by atoms with Crippen LogP contribution < -0.4 is 10.0 Å². The minimum Gasteiger partial charge on any atom is -0.317 e. The number of halogens is 2. The van der Waals surface area contributed by atoms with Crippen molar-refractivity contribution in [3.8, 4) is 0 Å². The van der Waals surface area contributed by atoms with Crippen molar-refractivity contribution in [2.45, 2.75) is 19.8 Å². The third-order valence-electron chi connectivity index (χ3n) is 3.45. The van der Waals surface area contributed by atoms with E-state index >= 15 is 0 Å². The lowest BCUT2D eigenvalue weighted by Crippen LogP contribution is -2.33. The van der Waals surface area contributed by atoms with Crippen molar-refractivity contribution in [3.63, 3.8) is 0 Å². The summed E-state index contributed by atoms with van der Waals surface area (Å²) in [4.78, 5) is 0. The highest BCUT2D eigenvalue weighted by molar-refractivity contribution is 9.10. The lowest BCUT2D eigenvalue weighted by atomic mass is 10.0. The van der Waals surface area contributed by atoms with Crippen LogP contribution in [0, 0.1) is 18.7 Å². The topological polar surface area (TPSA) is 58.2 Å². The molecular formula is C13H18BrFN2O2S. The molecule has 0 saturated carbocycles. The van der Waals surface area contributed by atoms with E-state index in [2.05, 4.69) is 26.0 Å². The van der Waals surface area contributed by atoms with Crippen molar-refractivity contribution in [1.29, 1.82) is 0 Å². The monoisotopic (exact) mass is 364 g/mol. The lowest BCUT2D eigenvalue weighted by molar-refractivity contribution is 0.402.